The third-order valence-corrected chi connectivity index (χ3v) is 6.18. The van der Waals surface area contributed by atoms with E-state index in [0.29, 0.717) is 5.92 Å². The van der Waals surface area contributed by atoms with Gasteiger partial charge in [0.1, 0.15) is 6.33 Å². The Bertz CT molecular complexity index is 785. The molecule has 0 bridgehead atoms. The van der Waals surface area contributed by atoms with Gasteiger partial charge in [-0.1, -0.05) is 38.2 Å². The monoisotopic (exact) mass is 345 g/mol. The van der Waals surface area contributed by atoms with Crippen LogP contribution in [0.15, 0.2) is 41.8 Å². The summed E-state index contributed by atoms with van der Waals surface area (Å²) < 4.78 is 26.7. The Morgan fingerprint density at radius 3 is 2.50 bits per heavy atom. The van der Waals surface area contributed by atoms with Gasteiger partial charge in [0.05, 0.1) is 4.90 Å². The van der Waals surface area contributed by atoms with Crippen molar-refractivity contribution in [2.75, 3.05) is 7.05 Å². The Kier molecular flexibility index (Phi) is 5.26. The molecule has 24 heavy (non-hydrogen) atoms. The highest BCUT2D eigenvalue weighted by atomic mass is 32.2. The molecule has 0 unspecified atom stereocenters. The first-order valence-electron chi connectivity index (χ1n) is 8.42. The maximum Gasteiger partial charge on any atom is 0.240 e. The molecule has 0 spiro atoms. The molecule has 128 valence electrons. The summed E-state index contributed by atoms with van der Waals surface area (Å²) in [6.45, 7) is 0. The molecule has 5 nitrogen and oxygen atoms in total. The molecule has 0 aliphatic heterocycles. The lowest BCUT2D eigenvalue weighted by Crippen LogP contribution is -2.19. The topological polar surface area (TPSA) is 72.0 Å². The van der Waals surface area contributed by atoms with Crippen LogP contribution in [0.4, 0.5) is 0 Å². The SMILES string of the molecule is CNS(=O)(=O)c1ccc(CC2CCCCC2)c(-c2cncnc2)c1. The van der Waals surface area contributed by atoms with Crippen LogP contribution in [0.2, 0.25) is 0 Å². The minimum Gasteiger partial charge on any atom is -0.244 e. The molecule has 2 aromatic rings. The van der Waals surface area contributed by atoms with Gasteiger partial charge in [-0.3, -0.25) is 0 Å². The average Bonchev–Trinajstić information content (AvgIpc) is 2.63. The molecule has 1 heterocycles. The van der Waals surface area contributed by atoms with E-state index in [1.54, 1.807) is 24.5 Å². The number of sulfonamides is 1. The fraction of sp³-hybridized carbons (Fsp3) is 0.444. The molecule has 6 heteroatoms. The molecule has 0 radical (unpaired) electrons. The third-order valence-electron chi connectivity index (χ3n) is 4.77. The predicted octanol–water partition coefficient (Wildman–Crippen LogP) is 3.17. The van der Waals surface area contributed by atoms with Gasteiger partial charge in [-0.15, -0.1) is 0 Å². The molecule has 1 aliphatic carbocycles. The Hall–Kier alpha value is -1.79. The number of nitrogens with zero attached hydrogens (tertiary/aromatic N) is 2. The number of rotatable bonds is 5. The van der Waals surface area contributed by atoms with Crippen molar-refractivity contribution in [2.24, 2.45) is 5.92 Å². The van der Waals surface area contributed by atoms with Crippen LogP contribution in [-0.2, 0) is 16.4 Å². The van der Waals surface area contributed by atoms with Gasteiger partial charge in [-0.05, 0) is 42.6 Å². The summed E-state index contributed by atoms with van der Waals surface area (Å²) in [6, 6.07) is 5.38. The van der Waals surface area contributed by atoms with Crippen molar-refractivity contribution in [1.82, 2.24) is 14.7 Å². The van der Waals surface area contributed by atoms with E-state index in [1.165, 1.54) is 51.0 Å². The van der Waals surface area contributed by atoms with E-state index in [2.05, 4.69) is 14.7 Å². The quantitative estimate of drug-likeness (QED) is 0.903. The van der Waals surface area contributed by atoms with Gasteiger partial charge < -0.3 is 0 Å². The zero-order valence-corrected chi connectivity index (χ0v) is 14.7. The van der Waals surface area contributed by atoms with Crippen molar-refractivity contribution in [2.45, 2.75) is 43.4 Å². The van der Waals surface area contributed by atoms with E-state index in [0.717, 1.165) is 17.5 Å². The van der Waals surface area contributed by atoms with Crippen molar-refractivity contribution in [1.29, 1.82) is 0 Å². The molecule has 3 rings (SSSR count). The van der Waals surface area contributed by atoms with Crippen LogP contribution in [0, 0.1) is 5.92 Å². The van der Waals surface area contributed by atoms with E-state index in [1.807, 2.05) is 6.07 Å². The first-order chi connectivity index (χ1) is 11.6. The summed E-state index contributed by atoms with van der Waals surface area (Å²) in [6.07, 6.45) is 12.4. The number of hydrogen-bond donors (Lipinski definition) is 1. The normalized spacial score (nSPS) is 16.2. The second-order valence-electron chi connectivity index (χ2n) is 6.36. The van der Waals surface area contributed by atoms with Crippen molar-refractivity contribution in [3.8, 4) is 11.1 Å². The Morgan fingerprint density at radius 2 is 1.83 bits per heavy atom. The summed E-state index contributed by atoms with van der Waals surface area (Å²) in [7, 11) is -2.04. The van der Waals surface area contributed by atoms with E-state index in [9.17, 15) is 8.42 Å². The lowest BCUT2D eigenvalue weighted by atomic mass is 9.83. The van der Waals surface area contributed by atoms with Crippen LogP contribution < -0.4 is 4.72 Å². The van der Waals surface area contributed by atoms with E-state index < -0.39 is 10.0 Å². The highest BCUT2D eigenvalue weighted by Crippen LogP contribution is 2.32. The lowest BCUT2D eigenvalue weighted by molar-refractivity contribution is 0.357. The molecule has 1 aliphatic rings. The van der Waals surface area contributed by atoms with Gasteiger partial charge in [0.15, 0.2) is 0 Å². The molecule has 1 N–H and O–H groups in total. The van der Waals surface area contributed by atoms with E-state index >= 15 is 0 Å². The molecule has 1 aromatic heterocycles. The number of benzene rings is 1. The number of nitrogens with one attached hydrogen (secondary N) is 1. The molecule has 0 atom stereocenters. The van der Waals surface area contributed by atoms with Gasteiger partial charge in [-0.2, -0.15) is 0 Å². The average molecular weight is 345 g/mol. The fourth-order valence-corrected chi connectivity index (χ4v) is 4.18. The summed E-state index contributed by atoms with van der Waals surface area (Å²) in [5.74, 6) is 0.675. The first-order valence-corrected chi connectivity index (χ1v) is 9.90. The zero-order chi connectivity index (χ0) is 17.0. The van der Waals surface area contributed by atoms with Crippen LogP contribution in [-0.4, -0.2) is 25.4 Å². The molecule has 1 saturated carbocycles. The zero-order valence-electron chi connectivity index (χ0n) is 13.9. The van der Waals surface area contributed by atoms with Crippen LogP contribution in [0.5, 0.6) is 0 Å². The smallest absolute Gasteiger partial charge is 0.240 e. The highest BCUT2D eigenvalue weighted by molar-refractivity contribution is 7.89. The summed E-state index contributed by atoms with van der Waals surface area (Å²) in [5, 5.41) is 0. The molecular weight excluding hydrogens is 322 g/mol. The Morgan fingerprint density at radius 1 is 1.12 bits per heavy atom. The van der Waals surface area contributed by atoms with Crippen molar-refractivity contribution >= 4 is 10.0 Å². The Balaban J connectivity index is 2.01. The van der Waals surface area contributed by atoms with E-state index in [4.69, 9.17) is 0 Å². The predicted molar refractivity (Wildman–Crippen MR) is 94.0 cm³/mol. The largest absolute Gasteiger partial charge is 0.244 e. The molecular formula is C18H23N3O2S. The van der Waals surface area contributed by atoms with Gasteiger partial charge in [0, 0.05) is 18.0 Å². The van der Waals surface area contributed by atoms with Crippen molar-refractivity contribution in [3.63, 3.8) is 0 Å². The van der Waals surface area contributed by atoms with Gasteiger partial charge in [0.25, 0.3) is 0 Å². The lowest BCUT2D eigenvalue weighted by Gasteiger charge is -2.23. The van der Waals surface area contributed by atoms with E-state index in [-0.39, 0.29) is 4.90 Å². The fourth-order valence-electron chi connectivity index (χ4n) is 3.43. The van der Waals surface area contributed by atoms with Crippen LogP contribution >= 0.6 is 0 Å². The van der Waals surface area contributed by atoms with Gasteiger partial charge in [-0.25, -0.2) is 23.1 Å². The second kappa shape index (κ2) is 7.40. The molecule has 1 fully saturated rings. The highest BCUT2D eigenvalue weighted by Gasteiger charge is 2.19. The number of aromatic nitrogens is 2. The third kappa shape index (κ3) is 3.82. The minimum atomic E-state index is -3.47. The summed E-state index contributed by atoms with van der Waals surface area (Å²) in [5.41, 5.74) is 2.95. The second-order valence-corrected chi connectivity index (χ2v) is 8.25. The van der Waals surface area contributed by atoms with Crippen molar-refractivity contribution < 1.29 is 8.42 Å². The Labute approximate surface area is 143 Å². The number of hydrogen-bond acceptors (Lipinski definition) is 4. The first kappa shape index (κ1) is 17.0. The van der Waals surface area contributed by atoms with Crippen LogP contribution in [0.25, 0.3) is 11.1 Å². The minimum absolute atomic E-state index is 0.274. The molecule has 1 aromatic carbocycles. The standard InChI is InChI=1S/C18H23N3O2S/c1-19-24(22,23)17-8-7-15(9-14-5-3-2-4-6-14)18(10-17)16-11-20-13-21-12-16/h7-8,10-14,19H,2-6,9H2,1H3. The van der Waals surface area contributed by atoms with Crippen LogP contribution in [0.3, 0.4) is 0 Å². The maximum atomic E-state index is 12.1. The van der Waals surface area contributed by atoms with Gasteiger partial charge in [0.2, 0.25) is 10.0 Å². The summed E-state index contributed by atoms with van der Waals surface area (Å²) in [4.78, 5) is 8.44. The molecule has 0 saturated heterocycles. The van der Waals surface area contributed by atoms with Crippen LogP contribution in [0.1, 0.15) is 37.7 Å². The maximum absolute atomic E-state index is 12.1. The van der Waals surface area contributed by atoms with Gasteiger partial charge >= 0.3 is 0 Å². The summed E-state index contributed by atoms with van der Waals surface area (Å²) >= 11 is 0. The molecule has 0 amide bonds. The van der Waals surface area contributed by atoms with Crippen molar-refractivity contribution in [3.05, 3.63) is 42.5 Å².